The van der Waals surface area contributed by atoms with Crippen LogP contribution in [0, 0.1) is 5.82 Å². The summed E-state index contributed by atoms with van der Waals surface area (Å²) in [6.07, 6.45) is 1.42. The molecule has 1 unspecified atom stereocenters. The van der Waals surface area contributed by atoms with Crippen molar-refractivity contribution in [3.8, 4) is 0 Å². The van der Waals surface area contributed by atoms with Crippen LogP contribution in [-0.4, -0.2) is 17.6 Å². The van der Waals surface area contributed by atoms with Crippen molar-refractivity contribution in [1.82, 2.24) is 4.57 Å². The molecule has 9 heteroatoms. The van der Waals surface area contributed by atoms with Gasteiger partial charge in [-0.3, -0.25) is 9.36 Å². The highest BCUT2D eigenvalue weighted by Crippen LogP contribution is 2.33. The largest absolute Gasteiger partial charge is 0.466 e. The van der Waals surface area contributed by atoms with E-state index in [2.05, 4.69) is 4.99 Å². The molecule has 0 bridgehead atoms. The van der Waals surface area contributed by atoms with Crippen molar-refractivity contribution in [1.29, 1.82) is 0 Å². The quantitative estimate of drug-likeness (QED) is 0.578. The number of hydrogen-bond acceptors (Lipinski definition) is 6. The van der Waals surface area contributed by atoms with Gasteiger partial charge in [0.2, 0.25) is 0 Å². The molecule has 0 aliphatic carbocycles. The number of aromatic nitrogens is 1. The number of hydrogen-bond donors (Lipinski definition) is 0. The van der Waals surface area contributed by atoms with E-state index < -0.39 is 17.8 Å². The fourth-order valence-corrected chi connectivity index (χ4v) is 5.26. The van der Waals surface area contributed by atoms with Crippen LogP contribution in [0.5, 0.6) is 0 Å². The van der Waals surface area contributed by atoms with E-state index in [0.717, 1.165) is 16.2 Å². The van der Waals surface area contributed by atoms with E-state index in [1.165, 1.54) is 41.2 Å². The smallest absolute Gasteiger partial charge is 0.338 e. The topological polar surface area (TPSA) is 60.7 Å². The molecule has 0 N–H and O–H groups in total. The average molecular weight is 449 g/mol. The van der Waals surface area contributed by atoms with Crippen molar-refractivity contribution in [2.24, 2.45) is 4.99 Å². The zero-order valence-electron chi connectivity index (χ0n) is 15.3. The van der Waals surface area contributed by atoms with Crippen LogP contribution in [0.25, 0.3) is 6.08 Å². The summed E-state index contributed by atoms with van der Waals surface area (Å²) in [4.78, 5) is 31.4. The van der Waals surface area contributed by atoms with E-state index in [4.69, 9.17) is 16.3 Å². The van der Waals surface area contributed by atoms with Gasteiger partial charge in [-0.15, -0.1) is 11.3 Å². The summed E-state index contributed by atoms with van der Waals surface area (Å²) < 4.78 is 20.9. The second kappa shape index (κ2) is 7.70. The molecule has 0 fully saturated rings. The van der Waals surface area contributed by atoms with Crippen molar-refractivity contribution in [3.05, 3.63) is 88.0 Å². The van der Waals surface area contributed by atoms with Crippen LogP contribution in [0.1, 0.15) is 23.4 Å². The van der Waals surface area contributed by atoms with Crippen molar-refractivity contribution < 1.29 is 13.9 Å². The van der Waals surface area contributed by atoms with Gasteiger partial charge in [-0.25, -0.2) is 14.2 Å². The Balaban J connectivity index is 2.00. The zero-order valence-corrected chi connectivity index (χ0v) is 17.7. The number of halogens is 2. The number of rotatable bonds is 3. The summed E-state index contributed by atoms with van der Waals surface area (Å²) >= 11 is 8.65. The van der Waals surface area contributed by atoms with Crippen molar-refractivity contribution in [2.75, 3.05) is 7.11 Å². The Hall–Kier alpha value is -2.55. The zero-order chi connectivity index (χ0) is 20.7. The van der Waals surface area contributed by atoms with Crippen LogP contribution in [-0.2, 0) is 9.53 Å². The number of nitrogens with zero attached hydrogens (tertiary/aromatic N) is 2. The Morgan fingerprint density at radius 3 is 2.79 bits per heavy atom. The summed E-state index contributed by atoms with van der Waals surface area (Å²) in [6, 6.07) is 7.38. The molecule has 0 radical (unpaired) electrons. The van der Waals surface area contributed by atoms with Gasteiger partial charge in [0.15, 0.2) is 4.80 Å². The lowest BCUT2D eigenvalue weighted by atomic mass is 10.0. The molecule has 0 saturated carbocycles. The predicted molar refractivity (Wildman–Crippen MR) is 112 cm³/mol. The van der Waals surface area contributed by atoms with E-state index in [1.807, 2.05) is 17.5 Å². The molecule has 3 heterocycles. The maximum atomic E-state index is 14.2. The predicted octanol–water partition coefficient (Wildman–Crippen LogP) is 3.26. The molecule has 148 valence electrons. The highest BCUT2D eigenvalue weighted by Gasteiger charge is 2.33. The summed E-state index contributed by atoms with van der Waals surface area (Å²) in [5.74, 6) is -1.07. The summed E-state index contributed by atoms with van der Waals surface area (Å²) in [7, 11) is 1.29. The number of ether oxygens (including phenoxy) is 1. The number of allylic oxidation sites excluding steroid dienone is 1. The van der Waals surface area contributed by atoms with Crippen molar-refractivity contribution in [2.45, 2.75) is 13.0 Å². The maximum Gasteiger partial charge on any atom is 0.338 e. The van der Waals surface area contributed by atoms with Crippen molar-refractivity contribution in [3.63, 3.8) is 0 Å². The minimum atomic E-state index is -0.656. The van der Waals surface area contributed by atoms with E-state index >= 15 is 0 Å². The molecule has 0 amide bonds. The number of benzene rings is 1. The first-order valence-electron chi connectivity index (χ1n) is 8.50. The molecule has 0 saturated heterocycles. The highest BCUT2D eigenvalue weighted by molar-refractivity contribution is 7.10. The molecular weight excluding hydrogens is 435 g/mol. The Kier molecular flexibility index (Phi) is 5.24. The number of thiophene rings is 1. The molecule has 5 nitrogen and oxygen atoms in total. The van der Waals surface area contributed by atoms with Gasteiger partial charge in [0.1, 0.15) is 11.9 Å². The first-order chi connectivity index (χ1) is 13.9. The summed E-state index contributed by atoms with van der Waals surface area (Å²) in [6.45, 7) is 1.71. The third-order valence-electron chi connectivity index (χ3n) is 4.51. The molecule has 1 aliphatic rings. The fourth-order valence-electron chi connectivity index (χ4n) is 3.19. The molecule has 3 aromatic rings. The van der Waals surface area contributed by atoms with E-state index in [0.29, 0.717) is 16.1 Å². The number of esters is 1. The van der Waals surface area contributed by atoms with Crippen LogP contribution < -0.4 is 14.9 Å². The Bertz CT molecular complexity index is 1300. The maximum absolute atomic E-state index is 14.2. The molecular formula is C20H14ClFN2O3S2. The minimum Gasteiger partial charge on any atom is -0.466 e. The van der Waals surface area contributed by atoms with Crippen LogP contribution in [0.2, 0.25) is 5.02 Å². The van der Waals surface area contributed by atoms with Gasteiger partial charge in [-0.05, 0) is 36.6 Å². The first-order valence-corrected chi connectivity index (χ1v) is 10.6. The number of fused-ring (bicyclic) bond motifs is 1. The second-order valence-corrected chi connectivity index (χ2v) is 8.62. The van der Waals surface area contributed by atoms with Gasteiger partial charge in [0.05, 0.1) is 27.9 Å². The second-order valence-electron chi connectivity index (χ2n) is 6.22. The molecule has 1 atom stereocenters. The average Bonchev–Trinajstić information content (AvgIpc) is 3.32. The summed E-state index contributed by atoms with van der Waals surface area (Å²) in [5, 5.41) is 2.08. The van der Waals surface area contributed by atoms with Gasteiger partial charge in [0, 0.05) is 10.4 Å². The summed E-state index contributed by atoms with van der Waals surface area (Å²) in [5.41, 5.74) is 0.543. The Labute approximate surface area is 177 Å². The molecule has 0 spiro atoms. The number of thiazole rings is 1. The lowest BCUT2D eigenvalue weighted by Crippen LogP contribution is -2.39. The third kappa shape index (κ3) is 3.37. The van der Waals surface area contributed by atoms with E-state index in [-0.39, 0.29) is 20.7 Å². The number of carbonyl (C=O) groups is 1. The van der Waals surface area contributed by atoms with Crippen LogP contribution in [0.15, 0.2) is 56.8 Å². The SMILES string of the molecule is COC(=O)C1=C(C)N=c2sc(=Cc3c(F)cccc3Cl)c(=O)n2C1c1cccs1. The Morgan fingerprint density at radius 1 is 1.34 bits per heavy atom. The molecule has 1 aliphatic heterocycles. The number of methoxy groups -OCH3 is 1. The fraction of sp³-hybridized carbons (Fsp3) is 0.150. The number of carbonyl (C=O) groups excluding carboxylic acids is 1. The monoisotopic (exact) mass is 448 g/mol. The first kappa shape index (κ1) is 19.8. The molecule has 1 aromatic carbocycles. The van der Waals surface area contributed by atoms with Crippen LogP contribution >= 0.6 is 34.3 Å². The highest BCUT2D eigenvalue weighted by atomic mass is 35.5. The minimum absolute atomic E-state index is 0.135. The molecule has 29 heavy (non-hydrogen) atoms. The van der Waals surface area contributed by atoms with E-state index in [9.17, 15) is 14.0 Å². The third-order valence-corrected chi connectivity index (χ3v) is 6.75. The lowest BCUT2D eigenvalue weighted by Gasteiger charge is -2.22. The van der Waals surface area contributed by atoms with Crippen LogP contribution in [0.4, 0.5) is 4.39 Å². The Morgan fingerprint density at radius 2 is 2.14 bits per heavy atom. The van der Waals surface area contributed by atoms with Gasteiger partial charge in [-0.2, -0.15) is 0 Å². The standard InChI is InChI=1S/C20H14ClFN2O3S2/c1-10-16(19(26)27-2)17(14-7-4-8-28-14)24-18(25)15(29-20(24)23-10)9-11-12(21)5-3-6-13(11)22/h3-9,17H,1-2H3. The van der Waals surface area contributed by atoms with Gasteiger partial charge in [0.25, 0.3) is 5.56 Å². The van der Waals surface area contributed by atoms with E-state index in [1.54, 1.807) is 13.0 Å². The van der Waals surface area contributed by atoms with Gasteiger partial charge in [-0.1, -0.05) is 35.1 Å². The molecule has 2 aromatic heterocycles. The molecule has 4 rings (SSSR count). The van der Waals surface area contributed by atoms with Gasteiger partial charge >= 0.3 is 5.97 Å². The van der Waals surface area contributed by atoms with Gasteiger partial charge < -0.3 is 4.74 Å². The normalized spacial score (nSPS) is 16.6. The van der Waals surface area contributed by atoms with Crippen LogP contribution in [0.3, 0.4) is 0 Å². The van der Waals surface area contributed by atoms with Crippen molar-refractivity contribution >= 4 is 46.3 Å². The lowest BCUT2D eigenvalue weighted by molar-refractivity contribution is -0.136.